The Hall–Kier alpha value is -0.570. The van der Waals surface area contributed by atoms with Crippen LogP contribution in [0.25, 0.3) is 0 Å². The Morgan fingerprint density at radius 1 is 1.39 bits per heavy atom. The lowest BCUT2D eigenvalue weighted by Gasteiger charge is -2.34. The molecule has 3 heteroatoms. The number of nitrogens with zero attached hydrogens (tertiary/aromatic N) is 1. The Labute approximate surface area is 110 Å². The van der Waals surface area contributed by atoms with E-state index in [-0.39, 0.29) is 5.54 Å². The van der Waals surface area contributed by atoms with Crippen molar-refractivity contribution in [3.05, 3.63) is 0 Å². The summed E-state index contributed by atoms with van der Waals surface area (Å²) < 4.78 is 0. The van der Waals surface area contributed by atoms with Gasteiger partial charge in [0, 0.05) is 6.04 Å². The maximum atomic E-state index is 12.6. The van der Waals surface area contributed by atoms with Crippen molar-refractivity contribution in [2.45, 2.75) is 83.0 Å². The minimum Gasteiger partial charge on any atom is -0.323 e. The zero-order valence-corrected chi connectivity index (χ0v) is 11.7. The summed E-state index contributed by atoms with van der Waals surface area (Å²) >= 11 is 0. The van der Waals surface area contributed by atoms with E-state index in [1.54, 1.807) is 0 Å². The Morgan fingerprint density at radius 2 is 2.06 bits per heavy atom. The highest BCUT2D eigenvalue weighted by atomic mass is 16.2. The highest BCUT2D eigenvalue weighted by Gasteiger charge is 2.60. The monoisotopic (exact) mass is 250 g/mol. The van der Waals surface area contributed by atoms with Crippen molar-refractivity contribution < 1.29 is 4.79 Å². The van der Waals surface area contributed by atoms with Gasteiger partial charge in [-0.25, -0.2) is 0 Å². The molecule has 2 unspecified atom stereocenters. The average Bonchev–Trinajstić information content (AvgIpc) is 2.85. The molecule has 3 rings (SSSR count). The lowest BCUT2D eigenvalue weighted by atomic mass is 9.97. The molecule has 0 bridgehead atoms. The van der Waals surface area contributed by atoms with Gasteiger partial charge in [-0.2, -0.15) is 0 Å². The van der Waals surface area contributed by atoms with Crippen LogP contribution in [-0.2, 0) is 4.79 Å². The molecule has 18 heavy (non-hydrogen) atoms. The molecule has 1 spiro atoms. The van der Waals surface area contributed by atoms with Gasteiger partial charge in [0.25, 0.3) is 0 Å². The van der Waals surface area contributed by atoms with Gasteiger partial charge in [-0.15, -0.1) is 0 Å². The molecular formula is C15H26N2O. The molecule has 0 aromatic rings. The fourth-order valence-corrected chi connectivity index (χ4v) is 3.94. The SMILES string of the molecule is CCCC1NC2(CC2)C(=O)N1C(C)C1CCCC1. The van der Waals surface area contributed by atoms with E-state index in [2.05, 4.69) is 24.1 Å². The maximum absolute atomic E-state index is 12.6. The first-order valence-electron chi connectivity index (χ1n) is 7.78. The van der Waals surface area contributed by atoms with Crippen molar-refractivity contribution >= 4 is 5.91 Å². The van der Waals surface area contributed by atoms with Gasteiger partial charge in [0.2, 0.25) is 5.91 Å². The predicted molar refractivity (Wildman–Crippen MR) is 72.1 cm³/mol. The number of nitrogens with one attached hydrogen (secondary N) is 1. The first-order chi connectivity index (χ1) is 8.68. The number of hydrogen-bond donors (Lipinski definition) is 1. The smallest absolute Gasteiger partial charge is 0.244 e. The average molecular weight is 250 g/mol. The van der Waals surface area contributed by atoms with Crippen LogP contribution in [-0.4, -0.2) is 28.6 Å². The van der Waals surface area contributed by atoms with Gasteiger partial charge in [-0.3, -0.25) is 10.1 Å². The molecule has 1 N–H and O–H groups in total. The molecule has 2 aliphatic carbocycles. The molecule has 1 amide bonds. The molecule has 2 saturated carbocycles. The summed E-state index contributed by atoms with van der Waals surface area (Å²) in [7, 11) is 0. The van der Waals surface area contributed by atoms with E-state index in [0.717, 1.165) is 31.6 Å². The van der Waals surface area contributed by atoms with Crippen LogP contribution >= 0.6 is 0 Å². The van der Waals surface area contributed by atoms with Crippen molar-refractivity contribution in [1.29, 1.82) is 0 Å². The van der Waals surface area contributed by atoms with Gasteiger partial charge < -0.3 is 4.90 Å². The summed E-state index contributed by atoms with van der Waals surface area (Å²) in [5, 5.41) is 3.62. The molecule has 1 saturated heterocycles. The van der Waals surface area contributed by atoms with Crippen molar-refractivity contribution in [3.8, 4) is 0 Å². The van der Waals surface area contributed by atoms with E-state index < -0.39 is 0 Å². The summed E-state index contributed by atoms with van der Waals surface area (Å²) in [4.78, 5) is 14.9. The Balaban J connectivity index is 1.76. The Morgan fingerprint density at radius 3 is 2.61 bits per heavy atom. The zero-order chi connectivity index (χ0) is 12.8. The molecular weight excluding hydrogens is 224 g/mol. The number of amides is 1. The Kier molecular flexibility index (Phi) is 3.13. The van der Waals surface area contributed by atoms with E-state index in [4.69, 9.17) is 0 Å². The van der Waals surface area contributed by atoms with E-state index in [1.807, 2.05) is 0 Å². The van der Waals surface area contributed by atoms with E-state index in [9.17, 15) is 4.79 Å². The van der Waals surface area contributed by atoms with Crippen LogP contribution in [0.4, 0.5) is 0 Å². The number of carbonyl (C=O) groups is 1. The van der Waals surface area contributed by atoms with Crippen LogP contribution in [0, 0.1) is 5.92 Å². The van der Waals surface area contributed by atoms with Crippen LogP contribution in [0.5, 0.6) is 0 Å². The van der Waals surface area contributed by atoms with E-state index in [0.29, 0.717) is 18.1 Å². The van der Waals surface area contributed by atoms with E-state index >= 15 is 0 Å². The van der Waals surface area contributed by atoms with E-state index in [1.165, 1.54) is 25.7 Å². The van der Waals surface area contributed by atoms with Crippen molar-refractivity contribution in [2.75, 3.05) is 0 Å². The molecule has 0 aromatic heterocycles. The Bertz CT molecular complexity index is 331. The molecule has 0 aromatic carbocycles. The number of rotatable bonds is 4. The quantitative estimate of drug-likeness (QED) is 0.832. The molecule has 1 aliphatic heterocycles. The maximum Gasteiger partial charge on any atom is 0.244 e. The fraction of sp³-hybridized carbons (Fsp3) is 0.933. The number of carbonyl (C=O) groups excluding carboxylic acids is 1. The summed E-state index contributed by atoms with van der Waals surface area (Å²) in [6.07, 6.45) is 10.0. The van der Waals surface area contributed by atoms with Crippen LogP contribution in [0.2, 0.25) is 0 Å². The normalized spacial score (nSPS) is 32.4. The first-order valence-corrected chi connectivity index (χ1v) is 7.78. The molecule has 2 atom stereocenters. The topological polar surface area (TPSA) is 32.3 Å². The van der Waals surface area contributed by atoms with Gasteiger partial charge in [0.1, 0.15) is 0 Å². The highest BCUT2D eigenvalue weighted by Crippen LogP contribution is 2.45. The summed E-state index contributed by atoms with van der Waals surface area (Å²) in [6, 6.07) is 0.434. The largest absolute Gasteiger partial charge is 0.323 e. The van der Waals surface area contributed by atoms with Crippen LogP contribution in [0.3, 0.4) is 0 Å². The van der Waals surface area contributed by atoms with Crippen LogP contribution in [0.15, 0.2) is 0 Å². The molecule has 3 aliphatic rings. The van der Waals surface area contributed by atoms with Gasteiger partial charge >= 0.3 is 0 Å². The lowest BCUT2D eigenvalue weighted by Crippen LogP contribution is -2.46. The minimum atomic E-state index is -0.132. The highest BCUT2D eigenvalue weighted by molar-refractivity contribution is 5.92. The van der Waals surface area contributed by atoms with Crippen molar-refractivity contribution in [1.82, 2.24) is 10.2 Å². The third-order valence-electron chi connectivity index (χ3n) is 5.26. The summed E-state index contributed by atoms with van der Waals surface area (Å²) in [5.74, 6) is 1.14. The third kappa shape index (κ3) is 1.87. The lowest BCUT2D eigenvalue weighted by molar-refractivity contribution is -0.133. The molecule has 1 heterocycles. The molecule has 0 radical (unpaired) electrons. The molecule has 3 fully saturated rings. The summed E-state index contributed by atoms with van der Waals surface area (Å²) in [5.41, 5.74) is -0.132. The van der Waals surface area contributed by atoms with Gasteiger partial charge in [0.05, 0.1) is 11.7 Å². The first kappa shape index (κ1) is 12.5. The van der Waals surface area contributed by atoms with Crippen molar-refractivity contribution in [2.24, 2.45) is 5.92 Å². The second-order valence-electron chi connectivity index (χ2n) is 6.53. The van der Waals surface area contributed by atoms with Crippen molar-refractivity contribution in [3.63, 3.8) is 0 Å². The second kappa shape index (κ2) is 4.52. The summed E-state index contributed by atoms with van der Waals surface area (Å²) in [6.45, 7) is 4.49. The minimum absolute atomic E-state index is 0.132. The zero-order valence-electron chi connectivity index (χ0n) is 11.7. The molecule has 3 nitrogen and oxygen atoms in total. The molecule has 102 valence electrons. The van der Waals surface area contributed by atoms with Gasteiger partial charge in [-0.05, 0) is 44.9 Å². The standard InChI is InChI=1S/C15H26N2O/c1-3-6-13-16-15(9-10-15)14(18)17(13)11(2)12-7-4-5-8-12/h11-13,16H,3-10H2,1-2H3. The number of hydrogen-bond acceptors (Lipinski definition) is 2. The van der Waals surface area contributed by atoms with Crippen LogP contribution in [0.1, 0.15) is 65.2 Å². The van der Waals surface area contributed by atoms with Gasteiger partial charge in [0.15, 0.2) is 0 Å². The second-order valence-corrected chi connectivity index (χ2v) is 6.53. The predicted octanol–water partition coefficient (Wildman–Crippen LogP) is 2.66. The van der Waals surface area contributed by atoms with Crippen LogP contribution < -0.4 is 5.32 Å². The van der Waals surface area contributed by atoms with Gasteiger partial charge in [-0.1, -0.05) is 26.2 Å². The fourth-order valence-electron chi connectivity index (χ4n) is 3.94. The third-order valence-corrected chi connectivity index (χ3v) is 5.26.